The quantitative estimate of drug-likeness (QED) is 0.800. The third-order valence-electron chi connectivity index (χ3n) is 4.52. The molecule has 0 spiro atoms. The number of nitrogens with zero attached hydrogens (tertiary/aromatic N) is 2. The van der Waals surface area contributed by atoms with E-state index in [0.29, 0.717) is 5.92 Å². The Hall–Kier alpha value is -1.55. The van der Waals surface area contributed by atoms with Gasteiger partial charge in [-0.15, -0.1) is 0 Å². The molecule has 0 saturated heterocycles. The maximum atomic E-state index is 13.0. The zero-order chi connectivity index (χ0) is 16.8. The van der Waals surface area contributed by atoms with Crippen molar-refractivity contribution in [2.75, 3.05) is 44.6 Å². The van der Waals surface area contributed by atoms with Gasteiger partial charge >= 0.3 is 0 Å². The van der Waals surface area contributed by atoms with Crippen LogP contribution in [0.2, 0.25) is 0 Å². The number of anilines is 1. The zero-order valence-electron chi connectivity index (χ0n) is 15.1. The van der Waals surface area contributed by atoms with E-state index < -0.39 is 0 Å². The number of carbonyl (C=O) groups excluding carboxylic acids is 1. The number of carbonyl (C=O) groups is 1. The third kappa shape index (κ3) is 4.71. The highest BCUT2D eigenvalue weighted by molar-refractivity contribution is 5.95. The average Bonchev–Trinajstić information content (AvgIpc) is 3.01. The van der Waals surface area contributed by atoms with E-state index in [1.54, 1.807) is 0 Å². The molecule has 1 aliphatic rings. The Morgan fingerprint density at radius 1 is 1.22 bits per heavy atom. The first-order valence-corrected chi connectivity index (χ1v) is 8.93. The number of rotatable bonds is 8. The van der Waals surface area contributed by atoms with Crippen LogP contribution in [0.15, 0.2) is 18.2 Å². The summed E-state index contributed by atoms with van der Waals surface area (Å²) in [6, 6.07) is 6.08. The van der Waals surface area contributed by atoms with Crippen molar-refractivity contribution in [2.45, 2.75) is 34.1 Å². The van der Waals surface area contributed by atoms with Gasteiger partial charge in [0, 0.05) is 37.4 Å². The molecule has 128 valence electrons. The van der Waals surface area contributed by atoms with Gasteiger partial charge < -0.3 is 15.1 Å². The number of hydrogen-bond donors (Lipinski definition) is 1. The van der Waals surface area contributed by atoms with E-state index in [9.17, 15) is 4.79 Å². The molecule has 0 aliphatic carbocycles. The Morgan fingerprint density at radius 2 is 1.96 bits per heavy atom. The van der Waals surface area contributed by atoms with Gasteiger partial charge in [0.2, 0.25) is 0 Å². The molecule has 1 aromatic rings. The average molecular weight is 317 g/mol. The molecule has 1 amide bonds. The molecule has 0 bridgehead atoms. The van der Waals surface area contributed by atoms with Crippen LogP contribution in [0.1, 0.15) is 43.6 Å². The van der Waals surface area contributed by atoms with Crippen molar-refractivity contribution in [1.29, 1.82) is 0 Å². The topological polar surface area (TPSA) is 35.6 Å². The molecule has 0 saturated carbocycles. The summed E-state index contributed by atoms with van der Waals surface area (Å²) in [5.74, 6) is 0.646. The highest BCUT2D eigenvalue weighted by Gasteiger charge is 2.20. The van der Waals surface area contributed by atoms with Gasteiger partial charge in [0.05, 0.1) is 0 Å². The largest absolute Gasteiger partial charge is 0.384 e. The third-order valence-corrected chi connectivity index (χ3v) is 4.52. The molecule has 1 aromatic carbocycles. The van der Waals surface area contributed by atoms with Crippen molar-refractivity contribution in [3.05, 3.63) is 29.3 Å². The van der Waals surface area contributed by atoms with Crippen LogP contribution in [0.4, 0.5) is 5.69 Å². The van der Waals surface area contributed by atoms with Gasteiger partial charge in [-0.05, 0) is 49.2 Å². The molecule has 0 radical (unpaired) electrons. The summed E-state index contributed by atoms with van der Waals surface area (Å²) in [5.41, 5.74) is 3.27. The van der Waals surface area contributed by atoms with Gasteiger partial charge in [0.15, 0.2) is 0 Å². The van der Waals surface area contributed by atoms with E-state index in [0.717, 1.165) is 51.3 Å². The second-order valence-electron chi connectivity index (χ2n) is 6.72. The van der Waals surface area contributed by atoms with Crippen LogP contribution < -0.4 is 5.32 Å². The number of fused-ring (bicyclic) bond motifs is 1. The Labute approximate surface area is 140 Å². The van der Waals surface area contributed by atoms with Gasteiger partial charge in [-0.3, -0.25) is 4.79 Å². The minimum absolute atomic E-state index is 0.167. The first-order chi connectivity index (χ1) is 11.0. The maximum Gasteiger partial charge on any atom is 0.253 e. The first kappa shape index (κ1) is 17.8. The van der Waals surface area contributed by atoms with E-state index in [1.807, 2.05) is 17.0 Å². The summed E-state index contributed by atoms with van der Waals surface area (Å²) in [4.78, 5) is 17.3. The van der Waals surface area contributed by atoms with E-state index in [-0.39, 0.29) is 5.91 Å². The summed E-state index contributed by atoms with van der Waals surface area (Å²) in [6.07, 6.45) is 1.01. The number of benzene rings is 1. The summed E-state index contributed by atoms with van der Waals surface area (Å²) in [7, 11) is 0. The molecule has 1 heterocycles. The lowest BCUT2D eigenvalue weighted by atomic mass is 10.1. The van der Waals surface area contributed by atoms with Gasteiger partial charge in [-0.25, -0.2) is 0 Å². The van der Waals surface area contributed by atoms with Crippen molar-refractivity contribution >= 4 is 11.6 Å². The fourth-order valence-corrected chi connectivity index (χ4v) is 3.14. The SMILES string of the molecule is CCN(CC)CCN(CC(C)C)C(=O)c1ccc2c(c1)CCN2. The summed E-state index contributed by atoms with van der Waals surface area (Å²) in [6.45, 7) is 14.3. The van der Waals surface area contributed by atoms with Crippen LogP contribution in [0.5, 0.6) is 0 Å². The van der Waals surface area contributed by atoms with Crippen LogP contribution in [-0.2, 0) is 6.42 Å². The van der Waals surface area contributed by atoms with Crippen molar-refractivity contribution < 1.29 is 4.79 Å². The fraction of sp³-hybridized carbons (Fsp3) is 0.632. The molecule has 1 N–H and O–H groups in total. The Balaban J connectivity index is 2.09. The van der Waals surface area contributed by atoms with Crippen LogP contribution in [-0.4, -0.2) is 55.0 Å². The van der Waals surface area contributed by atoms with Gasteiger partial charge in [0.1, 0.15) is 0 Å². The molecule has 4 nitrogen and oxygen atoms in total. The first-order valence-electron chi connectivity index (χ1n) is 8.93. The predicted molar refractivity (Wildman–Crippen MR) is 97.2 cm³/mol. The lowest BCUT2D eigenvalue weighted by molar-refractivity contribution is 0.0716. The van der Waals surface area contributed by atoms with Crippen LogP contribution in [0, 0.1) is 5.92 Å². The van der Waals surface area contributed by atoms with E-state index in [4.69, 9.17) is 0 Å². The number of amides is 1. The van der Waals surface area contributed by atoms with Crippen LogP contribution >= 0.6 is 0 Å². The van der Waals surface area contributed by atoms with Crippen LogP contribution in [0.25, 0.3) is 0 Å². The van der Waals surface area contributed by atoms with Crippen LogP contribution in [0.3, 0.4) is 0 Å². The molecule has 23 heavy (non-hydrogen) atoms. The van der Waals surface area contributed by atoms with Gasteiger partial charge in [-0.1, -0.05) is 27.7 Å². The molecule has 0 aromatic heterocycles. The van der Waals surface area contributed by atoms with E-state index >= 15 is 0 Å². The second-order valence-corrected chi connectivity index (χ2v) is 6.72. The van der Waals surface area contributed by atoms with E-state index in [1.165, 1.54) is 11.3 Å². The molecule has 2 rings (SSSR count). The van der Waals surface area contributed by atoms with Gasteiger partial charge in [-0.2, -0.15) is 0 Å². The van der Waals surface area contributed by atoms with Gasteiger partial charge in [0.25, 0.3) is 5.91 Å². The number of hydrogen-bond acceptors (Lipinski definition) is 3. The van der Waals surface area contributed by atoms with Crippen molar-refractivity contribution in [3.8, 4) is 0 Å². The highest BCUT2D eigenvalue weighted by atomic mass is 16.2. The fourth-order valence-electron chi connectivity index (χ4n) is 3.14. The molecule has 0 atom stereocenters. The Kier molecular flexibility index (Phi) is 6.46. The zero-order valence-corrected chi connectivity index (χ0v) is 15.1. The lowest BCUT2D eigenvalue weighted by Crippen LogP contribution is -2.40. The Bertz CT molecular complexity index is 523. The summed E-state index contributed by atoms with van der Waals surface area (Å²) >= 11 is 0. The minimum Gasteiger partial charge on any atom is -0.384 e. The molecular formula is C19H31N3O. The summed E-state index contributed by atoms with van der Waals surface area (Å²) < 4.78 is 0. The van der Waals surface area contributed by atoms with Crippen molar-refractivity contribution in [1.82, 2.24) is 9.80 Å². The van der Waals surface area contributed by atoms with Crippen molar-refractivity contribution in [2.24, 2.45) is 5.92 Å². The minimum atomic E-state index is 0.167. The molecule has 1 aliphatic heterocycles. The number of nitrogens with one attached hydrogen (secondary N) is 1. The van der Waals surface area contributed by atoms with E-state index in [2.05, 4.69) is 44.0 Å². The maximum absolute atomic E-state index is 13.0. The molecule has 0 unspecified atom stereocenters. The standard InChI is InChI=1S/C19H31N3O/c1-5-21(6-2)11-12-22(14-15(3)4)19(23)17-7-8-18-16(13-17)9-10-20-18/h7-8,13,15,20H,5-6,9-12,14H2,1-4H3. The second kappa shape index (κ2) is 8.34. The van der Waals surface area contributed by atoms with Crippen molar-refractivity contribution in [3.63, 3.8) is 0 Å². The summed E-state index contributed by atoms with van der Waals surface area (Å²) in [5, 5.41) is 3.35. The lowest BCUT2D eigenvalue weighted by Gasteiger charge is -2.28. The molecule has 0 fully saturated rings. The normalized spacial score (nSPS) is 13.3. The monoisotopic (exact) mass is 317 g/mol. The molecule has 4 heteroatoms. The molecular weight excluding hydrogens is 286 g/mol. The highest BCUT2D eigenvalue weighted by Crippen LogP contribution is 2.23. The smallest absolute Gasteiger partial charge is 0.253 e. The number of likely N-dealkylation sites (N-methyl/N-ethyl adjacent to an activating group) is 1. The predicted octanol–water partition coefficient (Wildman–Crippen LogP) is 3.09. The Morgan fingerprint density at radius 3 is 2.61 bits per heavy atom.